The second kappa shape index (κ2) is 12.5. The van der Waals surface area contributed by atoms with Crippen molar-refractivity contribution in [2.45, 2.75) is 57.1 Å². The smallest absolute Gasteiger partial charge is 0.338 e. The molecule has 45 heavy (non-hydrogen) atoms. The predicted molar refractivity (Wildman–Crippen MR) is 167 cm³/mol. The van der Waals surface area contributed by atoms with Gasteiger partial charge in [0, 0.05) is 48.4 Å². The summed E-state index contributed by atoms with van der Waals surface area (Å²) in [6.45, 7) is 3.77. The Kier molecular flexibility index (Phi) is 8.24. The molecule has 0 amide bonds. The summed E-state index contributed by atoms with van der Waals surface area (Å²) in [5.41, 5.74) is 2.41. The lowest BCUT2D eigenvalue weighted by atomic mass is 9.81. The van der Waals surface area contributed by atoms with Gasteiger partial charge >= 0.3 is 5.97 Å². The minimum atomic E-state index is -0.418. The molecule has 1 saturated carbocycles. The number of hydrogen-bond acceptors (Lipinski definition) is 9. The van der Waals surface area contributed by atoms with Crippen LogP contribution in [0.1, 0.15) is 41.0 Å². The van der Waals surface area contributed by atoms with Gasteiger partial charge in [-0.05, 0) is 49.6 Å². The number of esters is 1. The van der Waals surface area contributed by atoms with Crippen molar-refractivity contribution in [3.05, 3.63) is 76.3 Å². The van der Waals surface area contributed by atoms with Gasteiger partial charge in [-0.2, -0.15) is 4.98 Å². The number of benzene rings is 2. The molecule has 2 saturated heterocycles. The molecule has 2 aliphatic heterocycles. The maximum atomic E-state index is 14.3. The van der Waals surface area contributed by atoms with E-state index in [2.05, 4.69) is 14.4 Å². The van der Waals surface area contributed by atoms with E-state index in [1.807, 2.05) is 18.2 Å². The third-order valence-electron chi connectivity index (χ3n) is 9.16. The number of ether oxygens (including phenoxy) is 4. The van der Waals surface area contributed by atoms with Gasteiger partial charge in [0.15, 0.2) is 0 Å². The number of carbonyl (C=O) groups excluding carboxylic acids is 1. The number of aromatic nitrogens is 3. The zero-order chi connectivity index (χ0) is 31.1. The summed E-state index contributed by atoms with van der Waals surface area (Å²) in [7, 11) is 2.96. The van der Waals surface area contributed by atoms with Crippen LogP contribution in [0.25, 0.3) is 11.0 Å². The Morgan fingerprint density at radius 3 is 2.62 bits per heavy atom. The lowest BCUT2D eigenvalue weighted by molar-refractivity contribution is -0.0594. The fourth-order valence-electron chi connectivity index (χ4n) is 6.51. The number of piperazine rings is 1. The van der Waals surface area contributed by atoms with Gasteiger partial charge < -0.3 is 28.4 Å². The van der Waals surface area contributed by atoms with E-state index < -0.39 is 11.8 Å². The highest BCUT2D eigenvalue weighted by atomic mass is 35.5. The monoisotopic (exact) mass is 635 g/mol. The van der Waals surface area contributed by atoms with Crippen molar-refractivity contribution in [1.82, 2.24) is 19.4 Å². The summed E-state index contributed by atoms with van der Waals surface area (Å²) >= 11 is 5.88. The Morgan fingerprint density at radius 2 is 1.91 bits per heavy atom. The van der Waals surface area contributed by atoms with Crippen LogP contribution in [0.4, 0.5) is 10.2 Å². The molecule has 1 aliphatic carbocycles. The van der Waals surface area contributed by atoms with Crippen molar-refractivity contribution in [3.63, 3.8) is 0 Å². The van der Waals surface area contributed by atoms with E-state index >= 15 is 0 Å². The maximum absolute atomic E-state index is 14.3. The molecule has 0 bridgehead atoms. The summed E-state index contributed by atoms with van der Waals surface area (Å²) in [6.07, 6.45) is 3.24. The van der Waals surface area contributed by atoms with Crippen molar-refractivity contribution in [3.8, 4) is 11.6 Å². The number of carbonyl (C=O) groups is 1. The van der Waals surface area contributed by atoms with Gasteiger partial charge in [-0.3, -0.25) is 4.90 Å². The first-order valence-electron chi connectivity index (χ1n) is 15.2. The van der Waals surface area contributed by atoms with Crippen LogP contribution >= 0.6 is 11.6 Å². The number of pyridine rings is 1. The molecule has 7 rings (SSSR count). The Hall–Kier alpha value is -3.93. The number of halogens is 2. The van der Waals surface area contributed by atoms with Gasteiger partial charge in [-0.1, -0.05) is 23.7 Å². The third-order valence-corrected chi connectivity index (χ3v) is 9.39. The van der Waals surface area contributed by atoms with Gasteiger partial charge in [-0.25, -0.2) is 14.2 Å². The average molecular weight is 636 g/mol. The summed E-state index contributed by atoms with van der Waals surface area (Å²) in [5.74, 6) is 1.95. The number of anilines is 1. The van der Waals surface area contributed by atoms with Crippen LogP contribution in [0.2, 0.25) is 5.02 Å². The lowest BCUT2D eigenvalue weighted by Gasteiger charge is -2.54. The standard InChI is InChI=1S/C33H35ClFN5O5/c1-42-28-15-21(33(41)43-2)14-27-32(28)37-30(40(27)17-23-10-13-44-23)18-38-11-12-39(26-9-8-25(26)38)29-4-3-5-31(36-29)45-19-20-6-7-22(34)16-24(20)35/h3-7,14-16,23,25-26H,8-13,17-19H2,1-2H3/t23-,25+,26+/m0/s1. The molecule has 2 aromatic heterocycles. The Balaban J connectivity index is 1.10. The van der Waals surface area contributed by atoms with Crippen LogP contribution in [-0.2, 0) is 29.2 Å². The van der Waals surface area contributed by atoms with Gasteiger partial charge in [0.1, 0.15) is 35.3 Å². The predicted octanol–water partition coefficient (Wildman–Crippen LogP) is 5.24. The molecule has 12 heteroatoms. The number of fused-ring (bicyclic) bond motifs is 2. The number of methoxy groups -OCH3 is 2. The second-order valence-corrected chi connectivity index (χ2v) is 12.1. The van der Waals surface area contributed by atoms with Crippen LogP contribution in [0.5, 0.6) is 11.6 Å². The fourth-order valence-corrected chi connectivity index (χ4v) is 6.67. The number of nitrogens with zero attached hydrogens (tertiary/aromatic N) is 5. The molecule has 0 N–H and O–H groups in total. The van der Waals surface area contributed by atoms with Crippen molar-refractivity contribution >= 4 is 34.4 Å². The highest BCUT2D eigenvalue weighted by Crippen LogP contribution is 2.38. The van der Waals surface area contributed by atoms with Crippen LogP contribution in [0.15, 0.2) is 48.5 Å². The molecule has 3 atom stereocenters. The van der Waals surface area contributed by atoms with Crippen molar-refractivity contribution in [2.75, 3.05) is 38.8 Å². The molecule has 4 aromatic rings. The molecule has 3 fully saturated rings. The molecule has 4 heterocycles. The molecule has 10 nitrogen and oxygen atoms in total. The fraction of sp³-hybridized carbons (Fsp3) is 0.424. The average Bonchev–Trinajstić information content (AvgIpc) is 3.34. The van der Waals surface area contributed by atoms with Crippen LogP contribution in [0.3, 0.4) is 0 Å². The topological polar surface area (TPSA) is 91.2 Å². The Labute approximate surface area is 265 Å². The Bertz CT molecular complexity index is 1730. The normalized spacial score (nSPS) is 21.2. The lowest BCUT2D eigenvalue weighted by Crippen LogP contribution is -2.64. The summed E-state index contributed by atoms with van der Waals surface area (Å²) in [5, 5.41) is 0.350. The van der Waals surface area contributed by atoms with E-state index in [1.165, 1.54) is 13.2 Å². The van der Waals surface area contributed by atoms with E-state index in [1.54, 1.807) is 31.4 Å². The summed E-state index contributed by atoms with van der Waals surface area (Å²) in [4.78, 5) is 27.2. The molecule has 3 aliphatic rings. The first kappa shape index (κ1) is 29.8. The maximum Gasteiger partial charge on any atom is 0.338 e. The first-order valence-corrected chi connectivity index (χ1v) is 15.6. The first-order chi connectivity index (χ1) is 21.9. The minimum Gasteiger partial charge on any atom is -0.494 e. The minimum absolute atomic E-state index is 0.0676. The molecular formula is C33H35ClFN5O5. The van der Waals surface area contributed by atoms with Gasteiger partial charge in [0.2, 0.25) is 5.88 Å². The van der Waals surface area contributed by atoms with E-state index in [0.717, 1.165) is 61.6 Å². The molecule has 0 radical (unpaired) electrons. The van der Waals surface area contributed by atoms with Crippen molar-refractivity contribution in [1.29, 1.82) is 0 Å². The number of rotatable bonds is 10. The van der Waals surface area contributed by atoms with E-state index in [9.17, 15) is 9.18 Å². The Morgan fingerprint density at radius 1 is 1.07 bits per heavy atom. The van der Waals surface area contributed by atoms with Crippen LogP contribution < -0.4 is 14.4 Å². The molecular weight excluding hydrogens is 601 g/mol. The number of imidazole rings is 1. The largest absolute Gasteiger partial charge is 0.494 e. The van der Waals surface area contributed by atoms with Gasteiger partial charge in [-0.15, -0.1) is 0 Å². The van der Waals surface area contributed by atoms with E-state index in [-0.39, 0.29) is 12.7 Å². The van der Waals surface area contributed by atoms with Gasteiger partial charge in [0.25, 0.3) is 0 Å². The summed E-state index contributed by atoms with van der Waals surface area (Å²) < 4.78 is 38.8. The number of hydrogen-bond donors (Lipinski definition) is 0. The molecule has 0 unspecified atom stereocenters. The molecule has 0 spiro atoms. The second-order valence-electron chi connectivity index (χ2n) is 11.7. The molecule has 236 valence electrons. The van der Waals surface area contributed by atoms with Crippen molar-refractivity contribution < 1.29 is 28.1 Å². The van der Waals surface area contributed by atoms with E-state index in [0.29, 0.717) is 53.0 Å². The highest BCUT2D eigenvalue weighted by Gasteiger charge is 2.44. The summed E-state index contributed by atoms with van der Waals surface area (Å²) in [6, 6.07) is 14.5. The zero-order valence-corrected chi connectivity index (χ0v) is 26.0. The zero-order valence-electron chi connectivity index (χ0n) is 25.2. The van der Waals surface area contributed by atoms with Crippen LogP contribution in [0, 0.1) is 5.82 Å². The van der Waals surface area contributed by atoms with Crippen LogP contribution in [-0.4, -0.2) is 77.5 Å². The quantitative estimate of drug-likeness (QED) is 0.217. The highest BCUT2D eigenvalue weighted by molar-refractivity contribution is 6.30. The van der Waals surface area contributed by atoms with E-state index in [4.69, 9.17) is 40.5 Å². The SMILES string of the molecule is COC(=O)c1cc(OC)c2nc(CN3CCN(c4cccc(OCc5ccc(Cl)cc5F)n4)[C@@H]4CC[C@H]43)n(C[C@@H]3CCO3)c2c1. The third kappa shape index (κ3) is 5.80. The van der Waals surface area contributed by atoms with Gasteiger partial charge in [0.05, 0.1) is 44.5 Å². The molecule has 2 aromatic carbocycles. The van der Waals surface area contributed by atoms with Crippen molar-refractivity contribution in [2.24, 2.45) is 0 Å².